The maximum Gasteiger partial charge on any atom is 0.242 e. The minimum absolute atomic E-state index is 0. The summed E-state index contributed by atoms with van der Waals surface area (Å²) in [5, 5.41) is 1.29. The number of benzene rings is 2. The van der Waals surface area contributed by atoms with Crippen LogP contribution in [0.25, 0.3) is 21.8 Å². The van der Waals surface area contributed by atoms with Crippen LogP contribution < -0.4 is 11.2 Å². The van der Waals surface area contributed by atoms with E-state index in [-0.39, 0.29) is 35.7 Å². The summed E-state index contributed by atoms with van der Waals surface area (Å²) in [6, 6.07) is 15.0. The number of carbonyl (C=O) groups is 1. The molecule has 1 saturated heterocycles. The van der Waals surface area contributed by atoms with Crippen molar-refractivity contribution in [3.8, 4) is 0 Å². The summed E-state index contributed by atoms with van der Waals surface area (Å²) in [5.41, 5.74) is 7.48. The van der Waals surface area contributed by atoms with E-state index >= 15 is 0 Å². The first kappa shape index (κ1) is 19.4. The zero-order valence-corrected chi connectivity index (χ0v) is 16.2. The molecule has 2 heterocycles. The van der Waals surface area contributed by atoms with Crippen molar-refractivity contribution in [3.63, 3.8) is 0 Å². The van der Waals surface area contributed by atoms with Gasteiger partial charge in [-0.2, -0.15) is 0 Å². The molecule has 1 unspecified atom stereocenters. The first-order chi connectivity index (χ1) is 12.5. The molecule has 1 amide bonds. The summed E-state index contributed by atoms with van der Waals surface area (Å²) >= 11 is 0. The molecule has 1 aromatic heterocycles. The number of para-hydroxylation sites is 2. The second-order valence-electron chi connectivity index (χ2n) is 7.53. The third-order valence-corrected chi connectivity index (χ3v) is 5.58. The van der Waals surface area contributed by atoms with E-state index in [4.69, 9.17) is 5.73 Å². The highest BCUT2D eigenvalue weighted by atomic mass is 35.5. The fourth-order valence-electron chi connectivity index (χ4n) is 3.89. The largest absolute Gasteiger partial charge is 0.341 e. The monoisotopic (exact) mass is 385 g/mol. The Morgan fingerprint density at radius 3 is 2.15 bits per heavy atom. The van der Waals surface area contributed by atoms with Crippen molar-refractivity contribution in [2.24, 2.45) is 11.1 Å². The fourth-order valence-corrected chi connectivity index (χ4v) is 3.89. The lowest BCUT2D eigenvalue weighted by Crippen LogP contribution is -2.36. The summed E-state index contributed by atoms with van der Waals surface area (Å²) in [5.74, 6) is 0.0705. The fraction of sp³-hybridized carbons (Fsp3) is 0.333. The van der Waals surface area contributed by atoms with E-state index in [0.29, 0.717) is 23.9 Å². The van der Waals surface area contributed by atoms with E-state index in [9.17, 15) is 9.59 Å². The van der Waals surface area contributed by atoms with Gasteiger partial charge in [0.25, 0.3) is 0 Å². The van der Waals surface area contributed by atoms with Crippen LogP contribution in [-0.2, 0) is 11.3 Å². The molecule has 0 spiro atoms. The van der Waals surface area contributed by atoms with Crippen LogP contribution in [-0.4, -0.2) is 35.0 Å². The van der Waals surface area contributed by atoms with Crippen molar-refractivity contribution < 1.29 is 4.79 Å². The SMILES string of the molecule is CC1(CN)CCN(C(=O)Cn2c3ccccc3c(=O)c3ccccc32)C1.Cl. The van der Waals surface area contributed by atoms with Gasteiger partial charge in [0.05, 0.1) is 11.0 Å². The Labute approximate surface area is 164 Å². The number of nitrogens with two attached hydrogens (primary N) is 1. The molecular weight excluding hydrogens is 362 g/mol. The van der Waals surface area contributed by atoms with Crippen LogP contribution in [0.15, 0.2) is 53.3 Å². The van der Waals surface area contributed by atoms with Gasteiger partial charge in [-0.1, -0.05) is 31.2 Å². The maximum atomic E-state index is 13.0. The van der Waals surface area contributed by atoms with Gasteiger partial charge in [0.1, 0.15) is 6.54 Å². The minimum atomic E-state index is 0. The van der Waals surface area contributed by atoms with Crippen LogP contribution in [0.1, 0.15) is 13.3 Å². The molecule has 3 aromatic rings. The van der Waals surface area contributed by atoms with Gasteiger partial charge >= 0.3 is 0 Å². The number of likely N-dealkylation sites (tertiary alicyclic amines) is 1. The van der Waals surface area contributed by atoms with Gasteiger partial charge in [0.15, 0.2) is 5.43 Å². The standard InChI is InChI=1S/C21H23N3O2.ClH/c1-21(13-22)10-11-23(14-21)19(25)12-24-17-8-4-2-6-15(17)20(26)16-7-3-5-9-18(16)24;/h2-9H,10-14,22H2,1H3;1H. The molecule has 1 aliphatic rings. The molecule has 5 nitrogen and oxygen atoms in total. The lowest BCUT2D eigenvalue weighted by Gasteiger charge is -2.23. The Kier molecular flexibility index (Phi) is 5.27. The number of aromatic nitrogens is 1. The van der Waals surface area contributed by atoms with Crippen molar-refractivity contribution in [2.75, 3.05) is 19.6 Å². The molecule has 0 saturated carbocycles. The van der Waals surface area contributed by atoms with Crippen molar-refractivity contribution in [1.29, 1.82) is 0 Å². The molecule has 0 bridgehead atoms. The van der Waals surface area contributed by atoms with Crippen molar-refractivity contribution in [1.82, 2.24) is 9.47 Å². The van der Waals surface area contributed by atoms with Crippen molar-refractivity contribution in [2.45, 2.75) is 19.9 Å². The Bertz CT molecular complexity index is 1000. The Morgan fingerprint density at radius 1 is 1.07 bits per heavy atom. The topological polar surface area (TPSA) is 68.3 Å². The molecule has 2 aromatic carbocycles. The van der Waals surface area contributed by atoms with E-state index in [1.165, 1.54) is 0 Å². The molecule has 1 fully saturated rings. The highest BCUT2D eigenvalue weighted by molar-refractivity contribution is 5.94. The molecule has 1 atom stereocenters. The molecule has 2 N–H and O–H groups in total. The minimum Gasteiger partial charge on any atom is -0.341 e. The Balaban J connectivity index is 0.00000210. The van der Waals surface area contributed by atoms with Gasteiger partial charge in [-0.15, -0.1) is 12.4 Å². The number of hydrogen-bond donors (Lipinski definition) is 1. The first-order valence-electron chi connectivity index (χ1n) is 9.00. The molecule has 4 rings (SSSR count). The van der Waals surface area contributed by atoms with Gasteiger partial charge < -0.3 is 15.2 Å². The summed E-state index contributed by atoms with van der Waals surface area (Å²) in [4.78, 5) is 27.7. The third-order valence-electron chi connectivity index (χ3n) is 5.58. The molecule has 0 radical (unpaired) electrons. The third kappa shape index (κ3) is 3.33. The number of nitrogens with zero attached hydrogens (tertiary/aromatic N) is 2. The zero-order chi connectivity index (χ0) is 18.3. The van der Waals surface area contributed by atoms with Crippen LogP contribution in [0.4, 0.5) is 0 Å². The number of rotatable bonds is 3. The summed E-state index contributed by atoms with van der Waals surface area (Å²) < 4.78 is 1.96. The predicted octanol–water partition coefficient (Wildman–Crippen LogP) is 2.77. The van der Waals surface area contributed by atoms with Crippen LogP contribution in [0, 0.1) is 5.41 Å². The van der Waals surface area contributed by atoms with Crippen LogP contribution >= 0.6 is 12.4 Å². The maximum absolute atomic E-state index is 13.0. The Morgan fingerprint density at radius 2 is 1.63 bits per heavy atom. The molecular formula is C21H24ClN3O2. The normalized spacial score (nSPS) is 19.4. The first-order valence-corrected chi connectivity index (χ1v) is 9.00. The number of hydrogen-bond acceptors (Lipinski definition) is 3. The zero-order valence-electron chi connectivity index (χ0n) is 15.4. The summed E-state index contributed by atoms with van der Waals surface area (Å²) in [6.07, 6.45) is 0.931. The number of halogens is 1. The van der Waals surface area contributed by atoms with Crippen molar-refractivity contribution >= 4 is 40.1 Å². The second-order valence-corrected chi connectivity index (χ2v) is 7.53. The lowest BCUT2D eigenvalue weighted by atomic mass is 9.90. The highest BCUT2D eigenvalue weighted by Gasteiger charge is 2.34. The van der Waals surface area contributed by atoms with Crippen molar-refractivity contribution in [3.05, 3.63) is 58.8 Å². The summed E-state index contributed by atoms with van der Waals surface area (Å²) in [6.45, 7) is 4.37. The van der Waals surface area contributed by atoms with Gasteiger partial charge in [-0.25, -0.2) is 0 Å². The quantitative estimate of drug-likeness (QED) is 0.705. The van der Waals surface area contributed by atoms with Gasteiger partial charge in [-0.3, -0.25) is 9.59 Å². The molecule has 0 aliphatic carbocycles. The van der Waals surface area contributed by atoms with E-state index in [2.05, 4.69) is 6.92 Å². The van der Waals surface area contributed by atoms with Crippen LogP contribution in [0.3, 0.4) is 0 Å². The lowest BCUT2D eigenvalue weighted by molar-refractivity contribution is -0.131. The van der Waals surface area contributed by atoms with Gasteiger partial charge in [0.2, 0.25) is 5.91 Å². The van der Waals surface area contributed by atoms with Gasteiger partial charge in [0, 0.05) is 23.9 Å². The van der Waals surface area contributed by atoms with E-state index in [1.807, 2.05) is 58.0 Å². The summed E-state index contributed by atoms with van der Waals surface area (Å²) in [7, 11) is 0. The van der Waals surface area contributed by atoms with Gasteiger partial charge in [-0.05, 0) is 42.6 Å². The van der Waals surface area contributed by atoms with Crippen LogP contribution in [0.2, 0.25) is 0 Å². The second kappa shape index (κ2) is 7.33. The average molecular weight is 386 g/mol. The molecule has 1 aliphatic heterocycles. The highest BCUT2D eigenvalue weighted by Crippen LogP contribution is 2.29. The average Bonchev–Trinajstić information content (AvgIpc) is 3.08. The predicted molar refractivity (Wildman–Crippen MR) is 111 cm³/mol. The number of pyridine rings is 1. The van der Waals surface area contributed by atoms with E-state index < -0.39 is 0 Å². The smallest absolute Gasteiger partial charge is 0.242 e. The number of carbonyl (C=O) groups excluding carboxylic acids is 1. The number of fused-ring (bicyclic) bond motifs is 2. The van der Waals surface area contributed by atoms with E-state index in [1.54, 1.807) is 0 Å². The molecule has 6 heteroatoms. The van der Waals surface area contributed by atoms with Crippen LogP contribution in [0.5, 0.6) is 0 Å². The Hall–Kier alpha value is -2.37. The number of amides is 1. The molecule has 142 valence electrons. The molecule has 27 heavy (non-hydrogen) atoms. The van der Waals surface area contributed by atoms with E-state index in [0.717, 1.165) is 24.0 Å².